The van der Waals surface area contributed by atoms with Gasteiger partial charge in [0.15, 0.2) is 5.96 Å². The van der Waals surface area contributed by atoms with Crippen molar-refractivity contribution in [1.82, 2.24) is 20.5 Å². The fourth-order valence-corrected chi connectivity index (χ4v) is 3.49. The SMILES string of the molecule is CN=C(NCCCN1CCN(c2cccc(Cl)c2)CC1)NCc1ccccn1. The van der Waals surface area contributed by atoms with Crippen molar-refractivity contribution in [2.45, 2.75) is 13.0 Å². The molecule has 0 bridgehead atoms. The monoisotopic (exact) mass is 400 g/mol. The van der Waals surface area contributed by atoms with Crippen LogP contribution in [0.15, 0.2) is 53.7 Å². The lowest BCUT2D eigenvalue weighted by molar-refractivity contribution is 0.255. The van der Waals surface area contributed by atoms with Gasteiger partial charge in [0, 0.05) is 56.7 Å². The average Bonchev–Trinajstić information content (AvgIpc) is 2.74. The molecule has 0 amide bonds. The van der Waals surface area contributed by atoms with Crippen molar-refractivity contribution in [3.63, 3.8) is 0 Å². The van der Waals surface area contributed by atoms with Crippen molar-refractivity contribution in [3.05, 3.63) is 59.4 Å². The second-order valence-corrected chi connectivity index (χ2v) is 7.27. The number of piperazine rings is 1. The van der Waals surface area contributed by atoms with Crippen molar-refractivity contribution in [2.75, 3.05) is 51.2 Å². The number of benzene rings is 1. The summed E-state index contributed by atoms with van der Waals surface area (Å²) in [6, 6.07) is 14.0. The van der Waals surface area contributed by atoms with Gasteiger partial charge in [-0.2, -0.15) is 0 Å². The highest BCUT2D eigenvalue weighted by Crippen LogP contribution is 2.20. The van der Waals surface area contributed by atoms with Crippen molar-refractivity contribution in [1.29, 1.82) is 0 Å². The van der Waals surface area contributed by atoms with Crippen LogP contribution in [0.5, 0.6) is 0 Å². The number of anilines is 1. The maximum absolute atomic E-state index is 6.11. The number of rotatable bonds is 7. The lowest BCUT2D eigenvalue weighted by atomic mass is 10.2. The molecule has 28 heavy (non-hydrogen) atoms. The molecule has 2 N–H and O–H groups in total. The molecule has 150 valence electrons. The van der Waals surface area contributed by atoms with E-state index in [1.165, 1.54) is 5.69 Å². The Labute approximate surface area is 172 Å². The topological polar surface area (TPSA) is 55.8 Å². The van der Waals surface area contributed by atoms with Crippen LogP contribution in [0.2, 0.25) is 5.02 Å². The first-order valence-electron chi connectivity index (χ1n) is 9.82. The van der Waals surface area contributed by atoms with E-state index in [9.17, 15) is 0 Å². The minimum atomic E-state index is 0.673. The molecule has 7 heteroatoms. The second kappa shape index (κ2) is 10.9. The maximum atomic E-state index is 6.11. The number of nitrogens with one attached hydrogen (secondary N) is 2. The number of guanidine groups is 1. The zero-order valence-corrected chi connectivity index (χ0v) is 17.2. The van der Waals surface area contributed by atoms with Crippen LogP contribution in [0.25, 0.3) is 0 Å². The van der Waals surface area contributed by atoms with Crippen LogP contribution in [0.3, 0.4) is 0 Å². The van der Waals surface area contributed by atoms with Crippen molar-refractivity contribution >= 4 is 23.2 Å². The molecule has 0 atom stereocenters. The molecule has 2 aromatic rings. The van der Waals surface area contributed by atoms with Gasteiger partial charge in [0.2, 0.25) is 0 Å². The van der Waals surface area contributed by atoms with Gasteiger partial charge in [-0.15, -0.1) is 0 Å². The third kappa shape index (κ3) is 6.39. The van der Waals surface area contributed by atoms with Gasteiger partial charge in [-0.25, -0.2) is 0 Å². The Kier molecular flexibility index (Phi) is 7.94. The summed E-state index contributed by atoms with van der Waals surface area (Å²) < 4.78 is 0. The van der Waals surface area contributed by atoms with Crippen LogP contribution in [-0.2, 0) is 6.54 Å². The summed E-state index contributed by atoms with van der Waals surface area (Å²) in [6.45, 7) is 6.91. The van der Waals surface area contributed by atoms with E-state index in [1.54, 1.807) is 13.2 Å². The van der Waals surface area contributed by atoms with Crippen LogP contribution in [0.1, 0.15) is 12.1 Å². The third-order valence-corrected chi connectivity index (χ3v) is 5.11. The van der Waals surface area contributed by atoms with Gasteiger partial charge in [0.05, 0.1) is 12.2 Å². The molecular formula is C21H29ClN6. The highest BCUT2D eigenvalue weighted by atomic mass is 35.5. The van der Waals surface area contributed by atoms with Gasteiger partial charge in [0.25, 0.3) is 0 Å². The smallest absolute Gasteiger partial charge is 0.191 e. The molecule has 1 aromatic carbocycles. The molecule has 1 aliphatic heterocycles. The first-order valence-corrected chi connectivity index (χ1v) is 10.2. The number of aromatic nitrogens is 1. The molecule has 1 fully saturated rings. The van der Waals surface area contributed by atoms with E-state index in [2.05, 4.69) is 36.5 Å². The fraction of sp³-hybridized carbons (Fsp3) is 0.429. The fourth-order valence-electron chi connectivity index (χ4n) is 3.31. The Morgan fingerprint density at radius 2 is 1.96 bits per heavy atom. The molecule has 2 heterocycles. The number of nitrogens with zero attached hydrogens (tertiary/aromatic N) is 4. The number of aliphatic imine (C=N–C) groups is 1. The van der Waals surface area contributed by atoms with E-state index in [4.69, 9.17) is 11.6 Å². The molecule has 0 radical (unpaired) electrons. The van der Waals surface area contributed by atoms with Crippen molar-refractivity contribution in [2.24, 2.45) is 4.99 Å². The number of hydrogen-bond donors (Lipinski definition) is 2. The van der Waals surface area contributed by atoms with Gasteiger partial charge in [-0.3, -0.25) is 14.9 Å². The second-order valence-electron chi connectivity index (χ2n) is 6.84. The van der Waals surface area contributed by atoms with E-state index < -0.39 is 0 Å². The molecular weight excluding hydrogens is 372 g/mol. The number of pyridine rings is 1. The zero-order chi connectivity index (χ0) is 19.6. The van der Waals surface area contributed by atoms with Crippen LogP contribution >= 0.6 is 11.6 Å². The summed E-state index contributed by atoms with van der Waals surface area (Å²) >= 11 is 6.11. The summed E-state index contributed by atoms with van der Waals surface area (Å²) in [6.07, 6.45) is 2.89. The number of hydrogen-bond acceptors (Lipinski definition) is 4. The zero-order valence-electron chi connectivity index (χ0n) is 16.4. The summed E-state index contributed by atoms with van der Waals surface area (Å²) in [7, 11) is 1.79. The third-order valence-electron chi connectivity index (χ3n) is 4.88. The van der Waals surface area contributed by atoms with Crippen LogP contribution < -0.4 is 15.5 Å². The minimum absolute atomic E-state index is 0.673. The summed E-state index contributed by atoms with van der Waals surface area (Å²) in [5.74, 6) is 0.816. The predicted molar refractivity (Wildman–Crippen MR) is 117 cm³/mol. The van der Waals surface area contributed by atoms with Crippen molar-refractivity contribution in [3.8, 4) is 0 Å². The molecule has 0 unspecified atom stereocenters. The average molecular weight is 401 g/mol. The Bertz CT molecular complexity index is 744. The first kappa shape index (κ1) is 20.4. The number of halogens is 1. The van der Waals surface area contributed by atoms with E-state index in [1.807, 2.05) is 36.4 Å². The lowest BCUT2D eigenvalue weighted by Crippen LogP contribution is -2.47. The molecule has 6 nitrogen and oxygen atoms in total. The van der Waals surface area contributed by atoms with Crippen LogP contribution in [-0.4, -0.2) is 62.2 Å². The van der Waals surface area contributed by atoms with E-state index in [0.717, 1.165) is 62.4 Å². The Morgan fingerprint density at radius 3 is 2.68 bits per heavy atom. The molecule has 0 aliphatic carbocycles. The summed E-state index contributed by atoms with van der Waals surface area (Å²) in [5, 5.41) is 7.48. The lowest BCUT2D eigenvalue weighted by Gasteiger charge is -2.36. The standard InChI is InChI=1S/C21H29ClN6/c1-23-21(26-17-19-7-2-3-9-24-19)25-10-5-11-27-12-14-28(15-13-27)20-8-4-6-18(22)16-20/h2-4,6-9,16H,5,10-15,17H2,1H3,(H2,23,25,26). The van der Waals surface area contributed by atoms with Gasteiger partial charge in [-0.05, 0) is 43.3 Å². The maximum Gasteiger partial charge on any atom is 0.191 e. The normalized spacial score (nSPS) is 15.5. The van der Waals surface area contributed by atoms with Crippen LogP contribution in [0.4, 0.5) is 5.69 Å². The van der Waals surface area contributed by atoms with Crippen LogP contribution in [0, 0.1) is 0 Å². The van der Waals surface area contributed by atoms with Gasteiger partial charge >= 0.3 is 0 Å². The van der Waals surface area contributed by atoms with E-state index in [-0.39, 0.29) is 0 Å². The molecule has 1 saturated heterocycles. The van der Waals surface area contributed by atoms with Gasteiger partial charge in [0.1, 0.15) is 0 Å². The van der Waals surface area contributed by atoms with E-state index in [0.29, 0.717) is 6.54 Å². The van der Waals surface area contributed by atoms with Crippen molar-refractivity contribution < 1.29 is 0 Å². The molecule has 1 aliphatic rings. The Hall–Kier alpha value is -2.31. The predicted octanol–water partition coefficient (Wildman–Crippen LogP) is 2.61. The Morgan fingerprint density at radius 1 is 1.11 bits per heavy atom. The first-order chi connectivity index (χ1) is 13.7. The largest absolute Gasteiger partial charge is 0.369 e. The quantitative estimate of drug-likeness (QED) is 0.425. The highest BCUT2D eigenvalue weighted by molar-refractivity contribution is 6.30. The van der Waals surface area contributed by atoms with Gasteiger partial charge < -0.3 is 15.5 Å². The minimum Gasteiger partial charge on any atom is -0.369 e. The summed E-state index contributed by atoms with van der Waals surface area (Å²) in [5.41, 5.74) is 2.22. The highest BCUT2D eigenvalue weighted by Gasteiger charge is 2.16. The van der Waals surface area contributed by atoms with Gasteiger partial charge in [-0.1, -0.05) is 23.7 Å². The molecule has 0 spiro atoms. The molecule has 0 saturated carbocycles. The molecule has 1 aromatic heterocycles. The summed E-state index contributed by atoms with van der Waals surface area (Å²) in [4.78, 5) is 13.5. The van der Waals surface area contributed by atoms with E-state index >= 15 is 0 Å². The molecule has 3 rings (SSSR count). The Balaban J connectivity index is 1.31.